The molecule has 1 N–H and O–H groups in total. The Morgan fingerprint density at radius 3 is 2.52 bits per heavy atom. The topological polar surface area (TPSA) is 71.3 Å². The molecule has 0 saturated carbocycles. The first-order valence-electron chi connectivity index (χ1n) is 6.81. The highest BCUT2D eigenvalue weighted by atomic mass is 16.5. The molecule has 6 heteroatoms. The summed E-state index contributed by atoms with van der Waals surface area (Å²) in [4.78, 5) is 17.4. The zero-order chi connectivity index (χ0) is 15.4. The van der Waals surface area contributed by atoms with Gasteiger partial charge in [0.1, 0.15) is 6.04 Å². The Balaban J connectivity index is 1.97. The van der Waals surface area contributed by atoms with Crippen molar-refractivity contribution in [3.8, 4) is 0 Å². The first-order chi connectivity index (χ1) is 9.95. The highest BCUT2D eigenvalue weighted by Crippen LogP contribution is 2.18. The number of hydrogen-bond donors (Lipinski definition) is 1. The largest absolute Gasteiger partial charge is 0.374 e. The average molecular weight is 288 g/mol. The van der Waals surface area contributed by atoms with Crippen molar-refractivity contribution < 1.29 is 9.32 Å². The predicted molar refractivity (Wildman–Crippen MR) is 79.9 cm³/mol. The molecule has 112 valence electrons. The van der Waals surface area contributed by atoms with E-state index in [1.165, 1.54) is 0 Å². The van der Waals surface area contributed by atoms with Gasteiger partial charge in [0.05, 0.1) is 6.42 Å². The number of aromatic nitrogens is 2. The lowest BCUT2D eigenvalue weighted by Gasteiger charge is -2.13. The standard InChI is InChI=1S/C15H20N4O2/c1-10(15-17-11(2)18-21-15)16-13-7-5-12(6-8-13)9-14(20)19(3)4/h5-8,10,16H,9H2,1-4H3/t10-/m0/s1. The number of likely N-dealkylation sites (N-methyl/N-ethyl adjacent to an activating group) is 1. The Morgan fingerprint density at radius 2 is 2.00 bits per heavy atom. The summed E-state index contributed by atoms with van der Waals surface area (Å²) < 4.78 is 5.13. The number of nitrogens with one attached hydrogen (secondary N) is 1. The Bertz CT molecular complexity index is 604. The van der Waals surface area contributed by atoms with E-state index in [1.54, 1.807) is 25.9 Å². The molecule has 2 aromatic rings. The summed E-state index contributed by atoms with van der Waals surface area (Å²) in [5, 5.41) is 7.06. The number of benzene rings is 1. The molecule has 0 spiro atoms. The highest BCUT2D eigenvalue weighted by Gasteiger charge is 2.12. The molecule has 0 unspecified atom stereocenters. The minimum atomic E-state index is -0.0690. The highest BCUT2D eigenvalue weighted by molar-refractivity contribution is 5.78. The summed E-state index contributed by atoms with van der Waals surface area (Å²) >= 11 is 0. The van der Waals surface area contributed by atoms with E-state index in [2.05, 4.69) is 15.5 Å². The lowest BCUT2D eigenvalue weighted by molar-refractivity contribution is -0.127. The van der Waals surface area contributed by atoms with E-state index >= 15 is 0 Å². The van der Waals surface area contributed by atoms with Gasteiger partial charge in [0.15, 0.2) is 5.82 Å². The molecule has 1 aromatic carbocycles. The van der Waals surface area contributed by atoms with Crippen molar-refractivity contribution in [2.75, 3.05) is 19.4 Å². The SMILES string of the molecule is Cc1noc([C@H](C)Nc2ccc(CC(=O)N(C)C)cc2)n1. The predicted octanol–water partition coefficient (Wildman–Crippen LogP) is 2.18. The van der Waals surface area contributed by atoms with Crippen LogP contribution in [0.1, 0.15) is 30.2 Å². The average Bonchev–Trinajstić information content (AvgIpc) is 2.87. The molecular formula is C15H20N4O2. The van der Waals surface area contributed by atoms with Crippen molar-refractivity contribution in [3.63, 3.8) is 0 Å². The molecule has 1 amide bonds. The molecule has 0 aliphatic rings. The van der Waals surface area contributed by atoms with Crippen LogP contribution < -0.4 is 5.32 Å². The Hall–Kier alpha value is -2.37. The van der Waals surface area contributed by atoms with E-state index in [0.717, 1.165) is 11.3 Å². The van der Waals surface area contributed by atoms with E-state index in [-0.39, 0.29) is 11.9 Å². The van der Waals surface area contributed by atoms with E-state index in [9.17, 15) is 4.79 Å². The van der Waals surface area contributed by atoms with Gasteiger partial charge in [0, 0.05) is 19.8 Å². The van der Waals surface area contributed by atoms with Gasteiger partial charge in [-0.1, -0.05) is 17.3 Å². The van der Waals surface area contributed by atoms with E-state index in [4.69, 9.17) is 4.52 Å². The van der Waals surface area contributed by atoms with Crippen LogP contribution in [0.2, 0.25) is 0 Å². The zero-order valence-corrected chi connectivity index (χ0v) is 12.8. The number of carbonyl (C=O) groups excluding carboxylic acids is 1. The molecule has 1 atom stereocenters. The molecule has 6 nitrogen and oxygen atoms in total. The third kappa shape index (κ3) is 4.05. The van der Waals surface area contributed by atoms with Gasteiger partial charge >= 0.3 is 0 Å². The van der Waals surface area contributed by atoms with Crippen LogP contribution in [0.4, 0.5) is 5.69 Å². The van der Waals surface area contributed by atoms with E-state index in [0.29, 0.717) is 18.1 Å². The fourth-order valence-corrected chi connectivity index (χ4v) is 1.85. The first-order valence-corrected chi connectivity index (χ1v) is 6.81. The number of nitrogens with zero attached hydrogens (tertiary/aromatic N) is 3. The lowest BCUT2D eigenvalue weighted by atomic mass is 10.1. The molecule has 1 aromatic heterocycles. The fourth-order valence-electron chi connectivity index (χ4n) is 1.85. The van der Waals surface area contributed by atoms with Crippen LogP contribution in [0.15, 0.2) is 28.8 Å². The number of anilines is 1. The monoisotopic (exact) mass is 288 g/mol. The molecule has 21 heavy (non-hydrogen) atoms. The van der Waals surface area contributed by atoms with Gasteiger partial charge < -0.3 is 14.7 Å². The maximum absolute atomic E-state index is 11.6. The number of amides is 1. The summed E-state index contributed by atoms with van der Waals surface area (Å²) in [5.41, 5.74) is 1.93. The first kappa shape index (κ1) is 15.0. The lowest BCUT2D eigenvalue weighted by Crippen LogP contribution is -2.23. The van der Waals surface area contributed by atoms with Crippen molar-refractivity contribution in [3.05, 3.63) is 41.5 Å². The molecule has 0 fully saturated rings. The number of carbonyl (C=O) groups is 1. The van der Waals surface area contributed by atoms with Gasteiger partial charge in [-0.15, -0.1) is 0 Å². The van der Waals surface area contributed by atoms with Gasteiger partial charge in [-0.3, -0.25) is 4.79 Å². The second-order valence-electron chi connectivity index (χ2n) is 5.21. The van der Waals surface area contributed by atoms with Crippen molar-refractivity contribution in [2.45, 2.75) is 26.3 Å². The molecular weight excluding hydrogens is 268 g/mol. The van der Waals surface area contributed by atoms with Gasteiger partial charge in [0.25, 0.3) is 0 Å². The van der Waals surface area contributed by atoms with E-state index in [1.807, 2.05) is 31.2 Å². The maximum Gasteiger partial charge on any atom is 0.248 e. The maximum atomic E-state index is 11.6. The van der Waals surface area contributed by atoms with Gasteiger partial charge in [-0.25, -0.2) is 0 Å². The van der Waals surface area contributed by atoms with Crippen LogP contribution in [0.25, 0.3) is 0 Å². The summed E-state index contributed by atoms with van der Waals surface area (Å²) in [6.07, 6.45) is 0.408. The summed E-state index contributed by atoms with van der Waals surface area (Å²) in [7, 11) is 3.51. The summed E-state index contributed by atoms with van der Waals surface area (Å²) in [6, 6.07) is 7.70. The minimum Gasteiger partial charge on any atom is -0.374 e. The number of aryl methyl sites for hydroxylation is 1. The van der Waals surface area contributed by atoms with Crippen molar-refractivity contribution in [2.24, 2.45) is 0 Å². The van der Waals surface area contributed by atoms with Crippen LogP contribution in [0.5, 0.6) is 0 Å². The Labute approximate surface area is 124 Å². The molecule has 0 radical (unpaired) electrons. The summed E-state index contributed by atoms with van der Waals surface area (Å²) in [6.45, 7) is 3.74. The second kappa shape index (κ2) is 6.39. The zero-order valence-electron chi connectivity index (χ0n) is 12.8. The van der Waals surface area contributed by atoms with Crippen LogP contribution >= 0.6 is 0 Å². The van der Waals surface area contributed by atoms with Crippen molar-refractivity contribution in [1.82, 2.24) is 15.0 Å². The van der Waals surface area contributed by atoms with E-state index < -0.39 is 0 Å². The molecule has 0 aliphatic carbocycles. The summed E-state index contributed by atoms with van der Waals surface area (Å²) in [5.74, 6) is 1.26. The third-order valence-electron chi connectivity index (χ3n) is 3.10. The Kier molecular flexibility index (Phi) is 4.57. The normalized spacial score (nSPS) is 12.0. The fraction of sp³-hybridized carbons (Fsp3) is 0.400. The van der Waals surface area contributed by atoms with Gasteiger partial charge in [0.2, 0.25) is 11.8 Å². The van der Waals surface area contributed by atoms with Crippen molar-refractivity contribution in [1.29, 1.82) is 0 Å². The quantitative estimate of drug-likeness (QED) is 0.913. The molecule has 2 rings (SSSR count). The second-order valence-corrected chi connectivity index (χ2v) is 5.21. The molecule has 0 aliphatic heterocycles. The van der Waals surface area contributed by atoms with Gasteiger partial charge in [-0.2, -0.15) is 4.98 Å². The van der Waals surface area contributed by atoms with Crippen LogP contribution in [-0.4, -0.2) is 35.0 Å². The molecule has 0 saturated heterocycles. The van der Waals surface area contributed by atoms with Crippen LogP contribution in [0.3, 0.4) is 0 Å². The van der Waals surface area contributed by atoms with Gasteiger partial charge in [-0.05, 0) is 31.5 Å². The minimum absolute atomic E-state index is 0.0690. The number of rotatable bonds is 5. The Morgan fingerprint density at radius 1 is 1.33 bits per heavy atom. The molecule has 1 heterocycles. The van der Waals surface area contributed by atoms with Crippen molar-refractivity contribution >= 4 is 11.6 Å². The molecule has 0 bridgehead atoms. The smallest absolute Gasteiger partial charge is 0.248 e. The van der Waals surface area contributed by atoms with Crippen LogP contribution in [-0.2, 0) is 11.2 Å². The van der Waals surface area contributed by atoms with Crippen LogP contribution in [0, 0.1) is 6.92 Å². The third-order valence-corrected chi connectivity index (χ3v) is 3.10. The number of hydrogen-bond acceptors (Lipinski definition) is 5.